The summed E-state index contributed by atoms with van der Waals surface area (Å²) in [6.45, 7) is 7.92. The third-order valence-electron chi connectivity index (χ3n) is 3.25. The quantitative estimate of drug-likeness (QED) is 0.684. The summed E-state index contributed by atoms with van der Waals surface area (Å²) >= 11 is 0. The van der Waals surface area contributed by atoms with E-state index in [-0.39, 0.29) is 12.6 Å². The Kier molecular flexibility index (Phi) is 5.34. The number of nitrogens with one attached hydrogen (secondary N) is 1. The molecule has 15 heavy (non-hydrogen) atoms. The molecule has 0 fully saturated rings. The maximum Gasteiger partial charge on any atom is 0.0587 e. The molecule has 0 aliphatic heterocycles. The molecule has 0 bridgehead atoms. The van der Waals surface area contributed by atoms with E-state index in [4.69, 9.17) is 0 Å². The zero-order chi connectivity index (χ0) is 11.3. The molecule has 2 nitrogen and oxygen atoms in total. The van der Waals surface area contributed by atoms with E-state index >= 15 is 0 Å². The van der Waals surface area contributed by atoms with Crippen molar-refractivity contribution in [2.75, 3.05) is 13.2 Å². The Morgan fingerprint density at radius 3 is 2.87 bits per heavy atom. The molecule has 2 N–H and O–H groups in total. The van der Waals surface area contributed by atoms with E-state index in [0.29, 0.717) is 11.8 Å². The Balaban J connectivity index is 2.50. The number of hydrogen-bond acceptors (Lipinski definition) is 2. The first-order valence-electron chi connectivity index (χ1n) is 6.18. The first kappa shape index (κ1) is 12.7. The second-order valence-electron chi connectivity index (χ2n) is 4.93. The van der Waals surface area contributed by atoms with Crippen molar-refractivity contribution in [3.63, 3.8) is 0 Å². The van der Waals surface area contributed by atoms with Crippen LogP contribution in [-0.2, 0) is 0 Å². The highest BCUT2D eigenvalue weighted by Gasteiger charge is 2.25. The fourth-order valence-corrected chi connectivity index (χ4v) is 2.61. The van der Waals surface area contributed by atoms with Crippen molar-refractivity contribution in [2.24, 2.45) is 11.8 Å². The van der Waals surface area contributed by atoms with E-state index in [1.165, 1.54) is 12.0 Å². The van der Waals surface area contributed by atoms with Crippen LogP contribution in [0.4, 0.5) is 0 Å². The van der Waals surface area contributed by atoms with Crippen molar-refractivity contribution < 1.29 is 5.11 Å². The van der Waals surface area contributed by atoms with Crippen LogP contribution < -0.4 is 5.32 Å². The number of hydrogen-bond donors (Lipinski definition) is 2. The summed E-state index contributed by atoms with van der Waals surface area (Å²) in [6.07, 6.45) is 5.85. The number of rotatable bonds is 5. The van der Waals surface area contributed by atoms with Crippen LogP contribution in [0.3, 0.4) is 0 Å². The van der Waals surface area contributed by atoms with E-state index in [1.54, 1.807) is 0 Å². The molecule has 0 saturated carbocycles. The molecule has 0 aromatic heterocycles. The largest absolute Gasteiger partial charge is 0.395 e. The average molecular weight is 211 g/mol. The van der Waals surface area contributed by atoms with Crippen LogP contribution >= 0.6 is 0 Å². The fraction of sp³-hybridized carbons (Fsp3) is 0.846. The molecule has 3 atom stereocenters. The van der Waals surface area contributed by atoms with Gasteiger partial charge in [-0.15, -0.1) is 0 Å². The molecule has 0 aromatic rings. The van der Waals surface area contributed by atoms with Crippen LogP contribution in [-0.4, -0.2) is 24.3 Å². The van der Waals surface area contributed by atoms with Crippen LogP contribution in [0.2, 0.25) is 0 Å². The molecule has 0 spiro atoms. The third-order valence-corrected chi connectivity index (χ3v) is 3.25. The maximum atomic E-state index is 9.40. The highest BCUT2D eigenvalue weighted by atomic mass is 16.3. The van der Waals surface area contributed by atoms with Gasteiger partial charge < -0.3 is 10.4 Å². The SMILES string of the molecule is CCCNC(CO)C1CC(C)=CC(C)C1. The first-order valence-corrected chi connectivity index (χ1v) is 6.18. The molecule has 1 aliphatic rings. The molecule has 0 aromatic carbocycles. The monoisotopic (exact) mass is 211 g/mol. The minimum atomic E-state index is 0.269. The smallest absolute Gasteiger partial charge is 0.0587 e. The summed E-state index contributed by atoms with van der Waals surface area (Å²) in [5, 5.41) is 12.8. The van der Waals surface area contributed by atoms with Crippen molar-refractivity contribution in [1.82, 2.24) is 5.32 Å². The topological polar surface area (TPSA) is 32.3 Å². The van der Waals surface area contributed by atoms with Crippen molar-refractivity contribution in [3.05, 3.63) is 11.6 Å². The van der Waals surface area contributed by atoms with Crippen LogP contribution in [0.25, 0.3) is 0 Å². The van der Waals surface area contributed by atoms with E-state index in [9.17, 15) is 5.11 Å². The van der Waals surface area contributed by atoms with Gasteiger partial charge in [-0.2, -0.15) is 0 Å². The van der Waals surface area contributed by atoms with Gasteiger partial charge in [0.15, 0.2) is 0 Å². The van der Waals surface area contributed by atoms with Gasteiger partial charge >= 0.3 is 0 Å². The fourth-order valence-electron chi connectivity index (χ4n) is 2.61. The third kappa shape index (κ3) is 3.96. The zero-order valence-electron chi connectivity index (χ0n) is 10.3. The van der Waals surface area contributed by atoms with Crippen molar-refractivity contribution in [3.8, 4) is 0 Å². The van der Waals surface area contributed by atoms with Crippen LogP contribution in [0.5, 0.6) is 0 Å². The van der Waals surface area contributed by atoms with Gasteiger partial charge in [0.1, 0.15) is 0 Å². The molecule has 1 rings (SSSR count). The molecule has 0 heterocycles. The lowest BCUT2D eigenvalue weighted by molar-refractivity contribution is 0.181. The summed E-state index contributed by atoms with van der Waals surface area (Å²) in [4.78, 5) is 0. The lowest BCUT2D eigenvalue weighted by Gasteiger charge is -2.32. The van der Waals surface area contributed by atoms with Gasteiger partial charge in [-0.3, -0.25) is 0 Å². The van der Waals surface area contributed by atoms with Crippen LogP contribution in [0.15, 0.2) is 11.6 Å². The predicted molar refractivity (Wildman–Crippen MR) is 64.8 cm³/mol. The van der Waals surface area contributed by atoms with E-state index in [0.717, 1.165) is 19.4 Å². The Morgan fingerprint density at radius 2 is 2.33 bits per heavy atom. The van der Waals surface area contributed by atoms with Gasteiger partial charge in [-0.05, 0) is 44.6 Å². The van der Waals surface area contributed by atoms with Crippen molar-refractivity contribution >= 4 is 0 Å². The zero-order valence-corrected chi connectivity index (χ0v) is 10.3. The molecule has 88 valence electrons. The summed E-state index contributed by atoms with van der Waals surface area (Å²) in [5.41, 5.74) is 1.48. The Morgan fingerprint density at radius 1 is 1.60 bits per heavy atom. The molecule has 1 aliphatic carbocycles. The Hall–Kier alpha value is -0.340. The van der Waals surface area contributed by atoms with E-state index < -0.39 is 0 Å². The van der Waals surface area contributed by atoms with E-state index in [1.807, 2.05) is 0 Å². The summed E-state index contributed by atoms with van der Waals surface area (Å²) in [5.74, 6) is 1.28. The van der Waals surface area contributed by atoms with E-state index in [2.05, 4.69) is 32.2 Å². The number of allylic oxidation sites excluding steroid dienone is 2. The maximum absolute atomic E-state index is 9.40. The van der Waals surface area contributed by atoms with Gasteiger partial charge in [-0.1, -0.05) is 25.5 Å². The number of aliphatic hydroxyl groups is 1. The Bertz CT molecular complexity index is 213. The highest BCUT2D eigenvalue weighted by molar-refractivity contribution is 5.07. The summed E-state index contributed by atoms with van der Waals surface area (Å²) in [6, 6.07) is 0.288. The second-order valence-corrected chi connectivity index (χ2v) is 4.93. The lowest BCUT2D eigenvalue weighted by atomic mass is 9.80. The molecule has 0 radical (unpaired) electrons. The Labute approximate surface area is 93.8 Å². The van der Waals surface area contributed by atoms with Crippen LogP contribution in [0.1, 0.15) is 40.0 Å². The van der Waals surface area contributed by atoms with Gasteiger partial charge in [-0.25, -0.2) is 0 Å². The predicted octanol–water partition coefficient (Wildman–Crippen LogP) is 2.34. The molecule has 0 saturated heterocycles. The van der Waals surface area contributed by atoms with Crippen molar-refractivity contribution in [2.45, 2.75) is 46.1 Å². The van der Waals surface area contributed by atoms with Crippen LogP contribution in [0, 0.1) is 11.8 Å². The van der Waals surface area contributed by atoms with Gasteiger partial charge in [0.25, 0.3) is 0 Å². The molecule has 0 amide bonds. The molecule has 2 heteroatoms. The summed E-state index contributed by atoms with van der Waals surface area (Å²) < 4.78 is 0. The first-order chi connectivity index (χ1) is 7.17. The minimum absolute atomic E-state index is 0.269. The van der Waals surface area contributed by atoms with Gasteiger partial charge in [0, 0.05) is 6.04 Å². The normalized spacial score (nSPS) is 28.7. The number of aliphatic hydroxyl groups excluding tert-OH is 1. The van der Waals surface area contributed by atoms with Crippen molar-refractivity contribution in [1.29, 1.82) is 0 Å². The van der Waals surface area contributed by atoms with Gasteiger partial charge in [0.05, 0.1) is 6.61 Å². The average Bonchev–Trinajstić information content (AvgIpc) is 2.17. The molecular formula is C13H25NO. The van der Waals surface area contributed by atoms with Gasteiger partial charge in [0.2, 0.25) is 0 Å². The standard InChI is InChI=1S/C13H25NO/c1-4-5-14-13(9-15)12-7-10(2)6-11(3)8-12/h6,10,12-15H,4-5,7-9H2,1-3H3. The minimum Gasteiger partial charge on any atom is -0.395 e. The lowest BCUT2D eigenvalue weighted by Crippen LogP contribution is -2.41. The second kappa shape index (κ2) is 6.29. The molecular weight excluding hydrogens is 186 g/mol. The highest BCUT2D eigenvalue weighted by Crippen LogP contribution is 2.29. The summed E-state index contributed by atoms with van der Waals surface area (Å²) in [7, 11) is 0. The molecule has 3 unspecified atom stereocenters.